The Morgan fingerprint density at radius 2 is 1.54 bits per heavy atom. The third-order valence-electron chi connectivity index (χ3n) is 3.86. The summed E-state index contributed by atoms with van der Waals surface area (Å²) in [6.45, 7) is 3.90. The van der Waals surface area contributed by atoms with Crippen LogP contribution < -0.4 is 4.74 Å². The quantitative estimate of drug-likeness (QED) is 0.746. The van der Waals surface area contributed by atoms with Crippen LogP contribution in [0.15, 0.2) is 48.5 Å². The number of hydrogen-bond donors (Lipinski definition) is 0. The standard InChI is InChI=1S/C20H19NO5/c1-13(2)25-15-10-7-14(8-11-15)9-12-18(22)26-21-19(23)16-5-3-4-6-17(16)20(21)24/h3-8,10-11,13H,9,12H2,1-2H3. The molecule has 0 fully saturated rings. The first kappa shape index (κ1) is 17.7. The number of ether oxygens (including phenoxy) is 1. The average Bonchev–Trinajstić information content (AvgIpc) is 2.86. The topological polar surface area (TPSA) is 72.9 Å². The number of hydrogen-bond acceptors (Lipinski definition) is 5. The Bertz CT molecular complexity index is 807. The van der Waals surface area contributed by atoms with Gasteiger partial charge < -0.3 is 9.57 Å². The molecule has 0 aromatic heterocycles. The van der Waals surface area contributed by atoms with Crippen LogP contribution in [0.25, 0.3) is 0 Å². The second-order valence-electron chi connectivity index (χ2n) is 6.22. The molecule has 134 valence electrons. The van der Waals surface area contributed by atoms with E-state index in [0.29, 0.717) is 11.5 Å². The van der Waals surface area contributed by atoms with Gasteiger partial charge in [0.2, 0.25) is 0 Å². The first-order chi connectivity index (χ1) is 12.5. The molecule has 1 aliphatic rings. The molecule has 0 saturated carbocycles. The van der Waals surface area contributed by atoms with E-state index >= 15 is 0 Å². The summed E-state index contributed by atoms with van der Waals surface area (Å²) in [4.78, 5) is 41.3. The lowest BCUT2D eigenvalue weighted by Gasteiger charge is -2.13. The molecule has 6 nitrogen and oxygen atoms in total. The van der Waals surface area contributed by atoms with Gasteiger partial charge in [-0.05, 0) is 50.1 Å². The largest absolute Gasteiger partial charge is 0.491 e. The molecular weight excluding hydrogens is 334 g/mol. The van der Waals surface area contributed by atoms with Crippen molar-refractivity contribution in [2.24, 2.45) is 0 Å². The van der Waals surface area contributed by atoms with Crippen molar-refractivity contribution in [3.05, 3.63) is 65.2 Å². The van der Waals surface area contributed by atoms with E-state index < -0.39 is 17.8 Å². The maximum Gasteiger partial charge on any atom is 0.333 e. The van der Waals surface area contributed by atoms with Crippen LogP contribution in [0.3, 0.4) is 0 Å². The Morgan fingerprint density at radius 3 is 2.08 bits per heavy atom. The second kappa shape index (κ2) is 7.39. The number of aryl methyl sites for hydroxylation is 1. The van der Waals surface area contributed by atoms with Gasteiger partial charge in [0.15, 0.2) is 0 Å². The summed E-state index contributed by atoms with van der Waals surface area (Å²) in [6.07, 6.45) is 0.581. The summed E-state index contributed by atoms with van der Waals surface area (Å²) < 4.78 is 5.56. The molecule has 2 aromatic carbocycles. The summed E-state index contributed by atoms with van der Waals surface area (Å²) >= 11 is 0. The minimum absolute atomic E-state index is 0.0534. The lowest BCUT2D eigenvalue weighted by molar-refractivity contribution is -0.168. The first-order valence-corrected chi connectivity index (χ1v) is 8.40. The maximum atomic E-state index is 12.2. The summed E-state index contributed by atoms with van der Waals surface area (Å²) in [5.74, 6) is -1.11. The van der Waals surface area contributed by atoms with E-state index in [-0.39, 0.29) is 23.7 Å². The minimum atomic E-state index is -0.637. The Balaban J connectivity index is 1.55. The number of imide groups is 1. The number of carbonyl (C=O) groups excluding carboxylic acids is 3. The minimum Gasteiger partial charge on any atom is -0.491 e. The number of amides is 2. The number of fused-ring (bicyclic) bond motifs is 1. The van der Waals surface area contributed by atoms with Gasteiger partial charge >= 0.3 is 5.97 Å². The van der Waals surface area contributed by atoms with Gasteiger partial charge in [-0.25, -0.2) is 4.79 Å². The molecular formula is C20H19NO5. The van der Waals surface area contributed by atoms with Gasteiger partial charge in [0.25, 0.3) is 11.8 Å². The van der Waals surface area contributed by atoms with E-state index in [1.54, 1.807) is 12.1 Å². The summed E-state index contributed by atoms with van der Waals surface area (Å²) in [5.41, 5.74) is 1.41. The van der Waals surface area contributed by atoms with E-state index in [1.807, 2.05) is 38.1 Å². The fraction of sp³-hybridized carbons (Fsp3) is 0.250. The van der Waals surface area contributed by atoms with E-state index in [9.17, 15) is 14.4 Å². The van der Waals surface area contributed by atoms with Gasteiger partial charge in [0.05, 0.1) is 23.7 Å². The average molecular weight is 353 g/mol. The normalized spacial score (nSPS) is 13.1. The fourth-order valence-electron chi connectivity index (χ4n) is 2.65. The van der Waals surface area contributed by atoms with Crippen LogP contribution in [0.2, 0.25) is 0 Å². The number of hydroxylamine groups is 2. The third-order valence-corrected chi connectivity index (χ3v) is 3.86. The van der Waals surface area contributed by atoms with Crippen molar-refractivity contribution < 1.29 is 24.0 Å². The number of rotatable bonds is 6. The molecule has 0 N–H and O–H groups in total. The molecule has 0 radical (unpaired) electrons. The zero-order valence-electron chi connectivity index (χ0n) is 14.6. The van der Waals surface area contributed by atoms with Crippen molar-refractivity contribution in [1.29, 1.82) is 0 Å². The molecule has 0 saturated heterocycles. The van der Waals surface area contributed by atoms with Crippen LogP contribution in [0, 0.1) is 0 Å². The summed E-state index contributed by atoms with van der Waals surface area (Å²) in [6, 6.07) is 13.8. The van der Waals surface area contributed by atoms with Crippen molar-refractivity contribution >= 4 is 17.8 Å². The van der Waals surface area contributed by atoms with Gasteiger partial charge in [0, 0.05) is 0 Å². The van der Waals surface area contributed by atoms with Crippen molar-refractivity contribution in [3.63, 3.8) is 0 Å². The number of nitrogens with zero attached hydrogens (tertiary/aromatic N) is 1. The van der Waals surface area contributed by atoms with Crippen molar-refractivity contribution in [1.82, 2.24) is 5.06 Å². The molecule has 0 atom stereocenters. The maximum absolute atomic E-state index is 12.2. The van der Waals surface area contributed by atoms with Crippen LogP contribution in [-0.2, 0) is 16.1 Å². The van der Waals surface area contributed by atoms with E-state index in [2.05, 4.69) is 0 Å². The molecule has 0 aliphatic carbocycles. The molecule has 6 heteroatoms. The van der Waals surface area contributed by atoms with Gasteiger partial charge in [0.1, 0.15) is 5.75 Å². The zero-order valence-corrected chi connectivity index (χ0v) is 14.6. The molecule has 2 aromatic rings. The second-order valence-corrected chi connectivity index (χ2v) is 6.22. The number of carbonyl (C=O) groups is 3. The highest BCUT2D eigenvalue weighted by molar-refractivity contribution is 6.20. The van der Waals surface area contributed by atoms with Gasteiger partial charge in [-0.15, -0.1) is 0 Å². The molecule has 1 aliphatic heterocycles. The lowest BCUT2D eigenvalue weighted by Crippen LogP contribution is -2.32. The highest BCUT2D eigenvalue weighted by atomic mass is 16.7. The molecule has 3 rings (SSSR count). The van der Waals surface area contributed by atoms with Crippen molar-refractivity contribution in [2.75, 3.05) is 0 Å². The fourth-order valence-corrected chi connectivity index (χ4v) is 2.65. The molecule has 2 amide bonds. The van der Waals surface area contributed by atoms with Crippen LogP contribution in [0.4, 0.5) is 0 Å². The van der Waals surface area contributed by atoms with Gasteiger partial charge in [-0.2, -0.15) is 0 Å². The highest BCUT2D eigenvalue weighted by Crippen LogP contribution is 2.23. The molecule has 26 heavy (non-hydrogen) atoms. The smallest absolute Gasteiger partial charge is 0.333 e. The zero-order chi connectivity index (χ0) is 18.7. The SMILES string of the molecule is CC(C)Oc1ccc(CCC(=O)ON2C(=O)c3ccccc3C2=O)cc1. The van der Waals surface area contributed by atoms with E-state index in [4.69, 9.17) is 9.57 Å². The molecule has 0 spiro atoms. The molecule has 0 bridgehead atoms. The van der Waals surface area contributed by atoms with Crippen LogP contribution in [0.1, 0.15) is 46.5 Å². The highest BCUT2D eigenvalue weighted by Gasteiger charge is 2.38. The summed E-state index contributed by atoms with van der Waals surface area (Å²) in [5, 5.41) is 0.534. The predicted molar refractivity (Wildman–Crippen MR) is 93.6 cm³/mol. The molecule has 1 heterocycles. The van der Waals surface area contributed by atoms with Gasteiger partial charge in [-0.1, -0.05) is 29.3 Å². The van der Waals surface area contributed by atoms with Crippen LogP contribution in [0.5, 0.6) is 5.75 Å². The molecule has 0 unspecified atom stereocenters. The Morgan fingerprint density at radius 1 is 0.962 bits per heavy atom. The predicted octanol–water partition coefficient (Wildman–Crippen LogP) is 3.16. The summed E-state index contributed by atoms with van der Waals surface area (Å²) in [7, 11) is 0. The van der Waals surface area contributed by atoms with E-state index in [0.717, 1.165) is 11.3 Å². The van der Waals surface area contributed by atoms with Crippen LogP contribution >= 0.6 is 0 Å². The number of benzene rings is 2. The Hall–Kier alpha value is -3.15. The van der Waals surface area contributed by atoms with Gasteiger partial charge in [-0.3, -0.25) is 9.59 Å². The van der Waals surface area contributed by atoms with Crippen molar-refractivity contribution in [3.8, 4) is 5.75 Å². The Labute approximate surface area is 151 Å². The lowest BCUT2D eigenvalue weighted by atomic mass is 10.1. The third kappa shape index (κ3) is 3.74. The van der Waals surface area contributed by atoms with Crippen LogP contribution in [-0.4, -0.2) is 29.0 Å². The van der Waals surface area contributed by atoms with E-state index in [1.165, 1.54) is 12.1 Å². The Kier molecular flexibility index (Phi) is 5.02. The van der Waals surface area contributed by atoms with Crippen molar-refractivity contribution in [2.45, 2.75) is 32.8 Å². The monoisotopic (exact) mass is 353 g/mol. The first-order valence-electron chi connectivity index (χ1n) is 8.40.